The van der Waals surface area contributed by atoms with E-state index in [0.717, 1.165) is 16.7 Å². The van der Waals surface area contributed by atoms with Crippen LogP contribution in [0, 0.1) is 19.7 Å². The molecular formula is C20H19FN4O2S2. The van der Waals surface area contributed by atoms with Gasteiger partial charge in [0.1, 0.15) is 5.82 Å². The van der Waals surface area contributed by atoms with E-state index in [1.54, 1.807) is 18.2 Å². The molecular weight excluding hydrogens is 411 g/mol. The van der Waals surface area contributed by atoms with Gasteiger partial charge in [-0.25, -0.2) is 4.39 Å². The van der Waals surface area contributed by atoms with Gasteiger partial charge in [0.05, 0.1) is 5.75 Å². The zero-order valence-electron chi connectivity index (χ0n) is 15.9. The van der Waals surface area contributed by atoms with Gasteiger partial charge in [-0.2, -0.15) is 0 Å². The average Bonchev–Trinajstić information content (AvgIpc) is 3.15. The van der Waals surface area contributed by atoms with Gasteiger partial charge in [-0.3, -0.25) is 14.9 Å². The first-order chi connectivity index (χ1) is 13.9. The summed E-state index contributed by atoms with van der Waals surface area (Å²) >= 11 is 2.44. The molecule has 0 aliphatic rings. The van der Waals surface area contributed by atoms with Gasteiger partial charge in [0.25, 0.3) is 5.91 Å². The zero-order chi connectivity index (χ0) is 20.8. The number of amides is 2. The SMILES string of the molecule is Cc1ccc(C(=O)Nc2nnc(SCC(=O)NCc3ccc(F)cc3)s2)cc1C. The highest BCUT2D eigenvalue weighted by atomic mass is 32.2. The van der Waals surface area contributed by atoms with Crippen LogP contribution in [0.4, 0.5) is 9.52 Å². The van der Waals surface area contributed by atoms with Gasteiger partial charge in [-0.1, -0.05) is 41.3 Å². The minimum atomic E-state index is -0.313. The number of nitrogens with zero attached hydrogens (tertiary/aromatic N) is 2. The Morgan fingerprint density at radius 1 is 1.07 bits per heavy atom. The van der Waals surface area contributed by atoms with Crippen LogP contribution < -0.4 is 10.6 Å². The third-order valence-corrected chi connectivity index (χ3v) is 6.10. The fraction of sp³-hybridized carbons (Fsp3) is 0.200. The van der Waals surface area contributed by atoms with Crippen LogP contribution in [0.2, 0.25) is 0 Å². The Kier molecular flexibility index (Phi) is 6.95. The summed E-state index contributed by atoms with van der Waals surface area (Å²) in [6.07, 6.45) is 0. The molecule has 0 atom stereocenters. The molecule has 150 valence electrons. The number of nitrogens with one attached hydrogen (secondary N) is 2. The molecule has 2 amide bonds. The second-order valence-electron chi connectivity index (χ2n) is 6.32. The normalized spacial score (nSPS) is 10.6. The number of aromatic nitrogens is 2. The summed E-state index contributed by atoms with van der Waals surface area (Å²) < 4.78 is 13.5. The molecule has 0 aliphatic carbocycles. The molecule has 2 aromatic carbocycles. The predicted molar refractivity (Wildman–Crippen MR) is 113 cm³/mol. The molecule has 3 aromatic rings. The highest BCUT2D eigenvalue weighted by Gasteiger charge is 2.12. The van der Waals surface area contributed by atoms with E-state index in [9.17, 15) is 14.0 Å². The first kappa shape index (κ1) is 20.9. The number of hydrogen-bond acceptors (Lipinski definition) is 6. The van der Waals surface area contributed by atoms with Crippen LogP contribution in [0.25, 0.3) is 0 Å². The predicted octanol–water partition coefficient (Wildman–Crippen LogP) is 3.95. The topological polar surface area (TPSA) is 84.0 Å². The summed E-state index contributed by atoms with van der Waals surface area (Å²) in [4.78, 5) is 24.3. The summed E-state index contributed by atoms with van der Waals surface area (Å²) in [5.74, 6) is -0.568. The molecule has 0 saturated heterocycles. The van der Waals surface area contributed by atoms with Crippen molar-refractivity contribution < 1.29 is 14.0 Å². The van der Waals surface area contributed by atoms with Crippen molar-refractivity contribution in [2.45, 2.75) is 24.7 Å². The van der Waals surface area contributed by atoms with Gasteiger partial charge in [-0.05, 0) is 54.8 Å². The quantitative estimate of drug-likeness (QED) is 0.438. The molecule has 2 N–H and O–H groups in total. The summed E-state index contributed by atoms with van der Waals surface area (Å²) in [5.41, 5.74) is 3.53. The van der Waals surface area contributed by atoms with Gasteiger partial charge in [0.15, 0.2) is 4.34 Å². The Bertz CT molecular complexity index is 1020. The fourth-order valence-corrected chi connectivity index (χ4v) is 3.93. The fourth-order valence-electron chi connectivity index (χ4n) is 2.35. The zero-order valence-corrected chi connectivity index (χ0v) is 17.5. The Hall–Kier alpha value is -2.78. The maximum atomic E-state index is 12.9. The third kappa shape index (κ3) is 6.10. The van der Waals surface area contributed by atoms with Crippen LogP contribution in [0.5, 0.6) is 0 Å². The van der Waals surface area contributed by atoms with Crippen molar-refractivity contribution >= 4 is 40.0 Å². The maximum Gasteiger partial charge on any atom is 0.257 e. The van der Waals surface area contributed by atoms with Crippen molar-refractivity contribution in [1.29, 1.82) is 0 Å². The van der Waals surface area contributed by atoms with Crippen molar-refractivity contribution in [3.8, 4) is 0 Å². The Morgan fingerprint density at radius 3 is 2.55 bits per heavy atom. The van der Waals surface area contributed by atoms with Crippen LogP contribution in [0.15, 0.2) is 46.8 Å². The lowest BCUT2D eigenvalue weighted by Crippen LogP contribution is -2.24. The molecule has 0 fully saturated rings. The molecule has 0 bridgehead atoms. The number of aryl methyl sites for hydroxylation is 2. The van der Waals surface area contributed by atoms with Crippen molar-refractivity contribution in [3.63, 3.8) is 0 Å². The molecule has 0 aliphatic heterocycles. The van der Waals surface area contributed by atoms with Crippen LogP contribution in [-0.2, 0) is 11.3 Å². The minimum absolute atomic E-state index is 0.168. The molecule has 1 heterocycles. The smallest absolute Gasteiger partial charge is 0.257 e. The molecule has 6 nitrogen and oxygen atoms in total. The second kappa shape index (κ2) is 9.62. The maximum absolute atomic E-state index is 12.9. The number of hydrogen-bond donors (Lipinski definition) is 2. The van der Waals surface area contributed by atoms with Crippen LogP contribution in [0.3, 0.4) is 0 Å². The van der Waals surface area contributed by atoms with Gasteiger partial charge in [-0.15, -0.1) is 10.2 Å². The van der Waals surface area contributed by atoms with Crippen LogP contribution in [0.1, 0.15) is 27.0 Å². The van der Waals surface area contributed by atoms with Crippen molar-refractivity contribution in [2.24, 2.45) is 0 Å². The van der Waals surface area contributed by atoms with Gasteiger partial charge in [0.2, 0.25) is 11.0 Å². The summed E-state index contributed by atoms with van der Waals surface area (Å²) in [6.45, 7) is 4.26. The van der Waals surface area contributed by atoms with Crippen LogP contribution in [-0.4, -0.2) is 27.8 Å². The summed E-state index contributed by atoms with van der Waals surface area (Å²) in [7, 11) is 0. The Balaban J connectivity index is 1.47. The number of thioether (sulfide) groups is 1. The van der Waals surface area contributed by atoms with Crippen molar-refractivity contribution in [1.82, 2.24) is 15.5 Å². The van der Waals surface area contributed by atoms with E-state index in [1.165, 1.54) is 35.2 Å². The first-order valence-electron chi connectivity index (χ1n) is 8.77. The molecule has 0 radical (unpaired) electrons. The molecule has 0 unspecified atom stereocenters. The standard InChI is InChI=1S/C20H19FN4O2S2/c1-12-3-6-15(9-13(12)2)18(27)23-19-24-25-20(29-19)28-11-17(26)22-10-14-4-7-16(21)8-5-14/h3-9H,10-11H2,1-2H3,(H,22,26)(H,23,24,27). The van der Waals surface area contributed by atoms with Gasteiger partial charge >= 0.3 is 0 Å². The van der Waals surface area contributed by atoms with E-state index in [-0.39, 0.29) is 23.4 Å². The van der Waals surface area contributed by atoms with Gasteiger partial charge in [0, 0.05) is 12.1 Å². The molecule has 0 saturated carbocycles. The summed E-state index contributed by atoms with van der Waals surface area (Å²) in [6, 6.07) is 11.4. The van der Waals surface area contributed by atoms with Gasteiger partial charge < -0.3 is 5.32 Å². The largest absolute Gasteiger partial charge is 0.351 e. The highest BCUT2D eigenvalue weighted by Crippen LogP contribution is 2.25. The van der Waals surface area contributed by atoms with E-state index in [4.69, 9.17) is 0 Å². The first-order valence-corrected chi connectivity index (χ1v) is 10.6. The van der Waals surface area contributed by atoms with E-state index in [0.29, 0.717) is 21.6 Å². The third-order valence-electron chi connectivity index (χ3n) is 4.13. The lowest BCUT2D eigenvalue weighted by atomic mass is 10.1. The number of rotatable bonds is 7. The highest BCUT2D eigenvalue weighted by molar-refractivity contribution is 8.01. The van der Waals surface area contributed by atoms with Crippen LogP contribution >= 0.6 is 23.1 Å². The number of carbonyl (C=O) groups excluding carboxylic acids is 2. The molecule has 1 aromatic heterocycles. The minimum Gasteiger partial charge on any atom is -0.351 e. The molecule has 29 heavy (non-hydrogen) atoms. The summed E-state index contributed by atoms with van der Waals surface area (Å²) in [5, 5.41) is 13.8. The molecule has 3 rings (SSSR count). The molecule has 0 spiro atoms. The van der Waals surface area contributed by atoms with Crippen molar-refractivity contribution in [3.05, 3.63) is 70.5 Å². The number of anilines is 1. The monoisotopic (exact) mass is 430 g/mol. The average molecular weight is 431 g/mol. The Labute approximate surface area is 175 Å². The lowest BCUT2D eigenvalue weighted by molar-refractivity contribution is -0.118. The Morgan fingerprint density at radius 2 is 1.83 bits per heavy atom. The lowest BCUT2D eigenvalue weighted by Gasteiger charge is -2.04. The van der Waals surface area contributed by atoms with E-state index < -0.39 is 0 Å². The van der Waals surface area contributed by atoms with Crippen molar-refractivity contribution in [2.75, 3.05) is 11.1 Å². The number of benzene rings is 2. The number of carbonyl (C=O) groups is 2. The van der Waals surface area contributed by atoms with E-state index in [2.05, 4.69) is 20.8 Å². The van der Waals surface area contributed by atoms with E-state index >= 15 is 0 Å². The van der Waals surface area contributed by atoms with E-state index in [1.807, 2.05) is 26.0 Å². The molecule has 9 heteroatoms. The number of halogens is 1. The second-order valence-corrected chi connectivity index (χ2v) is 8.52.